The molecular weight excluding hydrogens is 348 g/mol. The molecule has 0 saturated carbocycles. The van der Waals surface area contributed by atoms with E-state index in [0.717, 1.165) is 29.9 Å². The Morgan fingerprint density at radius 1 is 1.29 bits per heavy atom. The van der Waals surface area contributed by atoms with E-state index < -0.39 is 0 Å². The molecule has 0 radical (unpaired) electrons. The fourth-order valence-corrected chi connectivity index (χ4v) is 3.54. The largest absolute Gasteiger partial charge is 0.492 e. The highest BCUT2D eigenvalue weighted by Gasteiger charge is 2.03. The second-order valence-electron chi connectivity index (χ2n) is 4.99. The number of rotatable bonds is 8. The van der Waals surface area contributed by atoms with Gasteiger partial charge in [-0.3, -0.25) is 4.90 Å². The number of nitrogens with zero attached hydrogens (tertiary/aromatic N) is 1. The smallest absolute Gasteiger partial charge is 0.119 e. The third-order valence-electron chi connectivity index (χ3n) is 3.09. The fraction of sp³-hybridized carbons (Fsp3) is 0.375. The lowest BCUT2D eigenvalue weighted by Gasteiger charge is -2.16. The van der Waals surface area contributed by atoms with Crippen LogP contribution in [0.2, 0.25) is 0 Å². The van der Waals surface area contributed by atoms with Crippen molar-refractivity contribution in [1.82, 2.24) is 10.2 Å². The number of hydrogen-bond acceptors (Lipinski definition) is 4. The van der Waals surface area contributed by atoms with Crippen LogP contribution in [0.25, 0.3) is 0 Å². The van der Waals surface area contributed by atoms with Gasteiger partial charge in [-0.15, -0.1) is 11.3 Å². The molecule has 0 aliphatic heterocycles. The molecule has 0 spiro atoms. The minimum atomic E-state index is 0.703. The van der Waals surface area contributed by atoms with Crippen LogP contribution < -0.4 is 10.1 Å². The normalized spacial score (nSPS) is 11.0. The van der Waals surface area contributed by atoms with Crippen molar-refractivity contribution in [3.8, 4) is 5.75 Å². The molecule has 0 fully saturated rings. The van der Waals surface area contributed by atoms with Crippen LogP contribution in [0.4, 0.5) is 0 Å². The van der Waals surface area contributed by atoms with Crippen molar-refractivity contribution in [2.45, 2.75) is 13.1 Å². The summed E-state index contributed by atoms with van der Waals surface area (Å²) >= 11 is 5.26. The average Bonchev–Trinajstić information content (AvgIpc) is 2.86. The lowest BCUT2D eigenvalue weighted by molar-refractivity contribution is 0.234. The summed E-state index contributed by atoms with van der Waals surface area (Å²) in [5.41, 5.74) is 1.27. The van der Waals surface area contributed by atoms with E-state index in [1.54, 1.807) is 11.3 Å². The Bertz CT molecular complexity index is 541. The van der Waals surface area contributed by atoms with Gasteiger partial charge in [0.25, 0.3) is 0 Å². The molecule has 2 aromatic rings. The molecule has 1 N–H and O–H groups in total. The number of benzene rings is 1. The quantitative estimate of drug-likeness (QED) is 0.767. The maximum atomic E-state index is 5.78. The molecule has 1 aromatic heterocycles. The summed E-state index contributed by atoms with van der Waals surface area (Å²) in [6.45, 7) is 3.46. The van der Waals surface area contributed by atoms with Crippen molar-refractivity contribution in [2.75, 3.05) is 27.2 Å². The number of thiophene rings is 1. The number of halogens is 1. The molecule has 0 saturated heterocycles. The Balaban J connectivity index is 1.70. The highest BCUT2D eigenvalue weighted by atomic mass is 79.9. The molecule has 3 nitrogen and oxygen atoms in total. The first kappa shape index (κ1) is 16.5. The molecule has 5 heteroatoms. The van der Waals surface area contributed by atoms with Gasteiger partial charge in [-0.25, -0.2) is 0 Å². The van der Waals surface area contributed by atoms with Crippen LogP contribution in [0.3, 0.4) is 0 Å². The third kappa shape index (κ3) is 5.79. The number of ether oxygens (including phenoxy) is 1. The summed E-state index contributed by atoms with van der Waals surface area (Å²) in [5.74, 6) is 0.933. The Morgan fingerprint density at radius 2 is 2.05 bits per heavy atom. The number of nitrogens with one attached hydrogen (secondary N) is 1. The molecule has 21 heavy (non-hydrogen) atoms. The van der Waals surface area contributed by atoms with Gasteiger partial charge in [0.2, 0.25) is 0 Å². The van der Waals surface area contributed by atoms with Crippen molar-refractivity contribution < 1.29 is 4.74 Å². The molecule has 0 atom stereocenters. The van der Waals surface area contributed by atoms with Crippen LogP contribution in [0, 0.1) is 0 Å². The third-order valence-corrected chi connectivity index (χ3v) is 4.78. The van der Waals surface area contributed by atoms with E-state index in [0.29, 0.717) is 6.61 Å². The molecule has 0 amide bonds. The van der Waals surface area contributed by atoms with E-state index in [1.165, 1.54) is 10.4 Å². The standard InChI is InChI=1S/C16H21BrN2OS/c1-18-10-13-3-5-15(6-4-13)20-8-7-19(2)11-16-9-14(17)12-21-16/h3-6,9,12,18H,7-8,10-11H2,1-2H3. The van der Waals surface area contributed by atoms with Gasteiger partial charge in [0, 0.05) is 34.4 Å². The zero-order chi connectivity index (χ0) is 15.1. The summed E-state index contributed by atoms with van der Waals surface area (Å²) < 4.78 is 6.95. The van der Waals surface area contributed by atoms with Crippen LogP contribution in [0.15, 0.2) is 40.2 Å². The van der Waals surface area contributed by atoms with E-state index in [2.05, 4.69) is 56.8 Å². The number of likely N-dealkylation sites (N-methyl/N-ethyl adjacent to an activating group) is 1. The predicted molar refractivity (Wildman–Crippen MR) is 93.1 cm³/mol. The Labute approximate surface area is 139 Å². The Kier molecular flexibility index (Phi) is 6.70. The zero-order valence-electron chi connectivity index (χ0n) is 12.4. The molecule has 2 rings (SSSR count). The molecule has 0 aliphatic carbocycles. The van der Waals surface area contributed by atoms with E-state index in [-0.39, 0.29) is 0 Å². The fourth-order valence-electron chi connectivity index (χ4n) is 2.01. The topological polar surface area (TPSA) is 24.5 Å². The molecule has 114 valence electrons. The second-order valence-corrected chi connectivity index (χ2v) is 6.90. The van der Waals surface area contributed by atoms with Gasteiger partial charge in [-0.1, -0.05) is 12.1 Å². The highest BCUT2D eigenvalue weighted by molar-refractivity contribution is 9.10. The maximum absolute atomic E-state index is 5.78. The first-order valence-electron chi connectivity index (χ1n) is 6.95. The summed E-state index contributed by atoms with van der Waals surface area (Å²) in [5, 5.41) is 5.25. The first-order chi connectivity index (χ1) is 10.2. The maximum Gasteiger partial charge on any atom is 0.119 e. The Morgan fingerprint density at radius 3 is 2.67 bits per heavy atom. The van der Waals surface area contributed by atoms with Crippen LogP contribution in [0.5, 0.6) is 5.75 Å². The zero-order valence-corrected chi connectivity index (χ0v) is 14.8. The van der Waals surface area contributed by atoms with Gasteiger partial charge < -0.3 is 10.1 Å². The van der Waals surface area contributed by atoms with Crippen LogP contribution in [0.1, 0.15) is 10.4 Å². The lowest BCUT2D eigenvalue weighted by atomic mass is 10.2. The van der Waals surface area contributed by atoms with Crippen molar-refractivity contribution in [1.29, 1.82) is 0 Å². The van der Waals surface area contributed by atoms with Crippen LogP contribution in [-0.2, 0) is 13.1 Å². The lowest BCUT2D eigenvalue weighted by Crippen LogP contribution is -2.23. The van der Waals surface area contributed by atoms with Gasteiger partial charge in [0.05, 0.1) is 0 Å². The van der Waals surface area contributed by atoms with E-state index in [4.69, 9.17) is 4.74 Å². The Hall–Kier alpha value is -0.880. The first-order valence-corrected chi connectivity index (χ1v) is 8.62. The minimum Gasteiger partial charge on any atom is -0.492 e. The van der Waals surface area contributed by atoms with Gasteiger partial charge in [0.1, 0.15) is 12.4 Å². The van der Waals surface area contributed by atoms with Gasteiger partial charge in [-0.2, -0.15) is 0 Å². The monoisotopic (exact) mass is 368 g/mol. The molecule has 1 heterocycles. The minimum absolute atomic E-state index is 0.703. The second kappa shape index (κ2) is 8.54. The molecule has 1 aromatic carbocycles. The SMILES string of the molecule is CNCc1ccc(OCCN(C)Cc2cc(Br)cs2)cc1. The molecule has 0 unspecified atom stereocenters. The van der Waals surface area contributed by atoms with Crippen molar-refractivity contribution in [2.24, 2.45) is 0 Å². The molecular formula is C16H21BrN2OS. The van der Waals surface area contributed by atoms with Gasteiger partial charge >= 0.3 is 0 Å². The molecule has 0 bridgehead atoms. The van der Waals surface area contributed by atoms with E-state index >= 15 is 0 Å². The summed E-state index contributed by atoms with van der Waals surface area (Å²) in [4.78, 5) is 3.63. The summed E-state index contributed by atoms with van der Waals surface area (Å²) in [7, 11) is 4.07. The van der Waals surface area contributed by atoms with Crippen molar-refractivity contribution in [3.63, 3.8) is 0 Å². The summed E-state index contributed by atoms with van der Waals surface area (Å²) in [6.07, 6.45) is 0. The average molecular weight is 369 g/mol. The number of hydrogen-bond donors (Lipinski definition) is 1. The van der Waals surface area contributed by atoms with Gasteiger partial charge in [0.15, 0.2) is 0 Å². The summed E-state index contributed by atoms with van der Waals surface area (Å²) in [6, 6.07) is 10.4. The van der Waals surface area contributed by atoms with Gasteiger partial charge in [-0.05, 0) is 53.8 Å². The van der Waals surface area contributed by atoms with E-state index in [1.807, 2.05) is 19.2 Å². The van der Waals surface area contributed by atoms with E-state index in [9.17, 15) is 0 Å². The van der Waals surface area contributed by atoms with Crippen molar-refractivity contribution >= 4 is 27.3 Å². The van der Waals surface area contributed by atoms with Crippen LogP contribution in [-0.4, -0.2) is 32.1 Å². The predicted octanol–water partition coefficient (Wildman–Crippen LogP) is 3.74. The highest BCUT2D eigenvalue weighted by Crippen LogP contribution is 2.20. The molecule has 0 aliphatic rings. The van der Waals surface area contributed by atoms with Crippen molar-refractivity contribution in [3.05, 3.63) is 50.6 Å². The van der Waals surface area contributed by atoms with Crippen LogP contribution >= 0.6 is 27.3 Å².